The molecule has 6 rings (SSSR count). The van der Waals surface area contributed by atoms with Gasteiger partial charge in [0.1, 0.15) is 11.5 Å². The van der Waals surface area contributed by atoms with E-state index in [9.17, 15) is 9.59 Å². The van der Waals surface area contributed by atoms with Gasteiger partial charge in [-0.25, -0.2) is 0 Å². The van der Waals surface area contributed by atoms with Crippen LogP contribution in [0, 0.1) is 5.92 Å². The Morgan fingerprint density at radius 3 is 2.26 bits per heavy atom. The third kappa shape index (κ3) is 5.25. The first-order valence-corrected chi connectivity index (χ1v) is 12.5. The molecule has 0 radical (unpaired) electrons. The molecule has 1 heterocycles. The minimum absolute atomic E-state index is 0.0184. The zero-order chi connectivity index (χ0) is 25.9. The predicted octanol–water partition coefficient (Wildman–Crippen LogP) is 7.02. The number of aromatic nitrogens is 1. The van der Waals surface area contributed by atoms with Crippen LogP contribution in [-0.2, 0) is 4.79 Å². The molecule has 1 aliphatic rings. The van der Waals surface area contributed by atoms with E-state index in [1.54, 1.807) is 12.4 Å². The topological polar surface area (TPSA) is 80.3 Å². The molecule has 6 nitrogen and oxygen atoms in total. The number of para-hydroxylation sites is 1. The molecule has 0 spiro atoms. The Bertz CT molecular complexity index is 1600. The number of ether oxygens (including phenoxy) is 1. The summed E-state index contributed by atoms with van der Waals surface area (Å²) in [5.41, 5.74) is 3.09. The van der Waals surface area contributed by atoms with E-state index in [4.69, 9.17) is 4.74 Å². The summed E-state index contributed by atoms with van der Waals surface area (Å²) in [4.78, 5) is 29.7. The van der Waals surface area contributed by atoms with E-state index in [2.05, 4.69) is 15.6 Å². The van der Waals surface area contributed by atoms with Crippen LogP contribution in [0.2, 0.25) is 0 Å². The fraction of sp³-hybridized carbons (Fsp3) is 0.0938. The second-order valence-electron chi connectivity index (χ2n) is 9.39. The quantitative estimate of drug-likeness (QED) is 0.252. The third-order valence-corrected chi connectivity index (χ3v) is 6.73. The van der Waals surface area contributed by atoms with E-state index in [1.165, 1.54) is 0 Å². The molecule has 6 heteroatoms. The number of nitrogens with one attached hydrogen (secondary N) is 2. The molecule has 1 fully saturated rings. The number of rotatable bonds is 7. The maximum absolute atomic E-state index is 12.8. The van der Waals surface area contributed by atoms with Crippen LogP contribution in [0.25, 0.3) is 10.8 Å². The van der Waals surface area contributed by atoms with Gasteiger partial charge in [0.15, 0.2) is 0 Å². The molecule has 1 aromatic heterocycles. The number of fused-ring (bicyclic) bond motifs is 1. The SMILES string of the molecule is O=C(Nc1ccc(Oc2ccccc2)cc1)c1ccc(C2CC2C(=O)Nc2ccc3cnccc3c2)cc1. The monoisotopic (exact) mass is 499 g/mol. The molecule has 4 aromatic carbocycles. The standard InChI is InChI=1S/C32H25N3O3/c36-31(34-25-12-14-28(15-13-25)38-27-4-2-1-3-5-27)22-8-6-21(7-9-22)29-19-30(29)32(37)35-26-11-10-24-20-33-17-16-23(24)18-26/h1-18,20,29-30H,19H2,(H,34,36)(H,35,37). The van der Waals surface area contributed by atoms with Crippen LogP contribution in [0.5, 0.6) is 11.5 Å². The van der Waals surface area contributed by atoms with Gasteiger partial charge in [-0.1, -0.05) is 36.4 Å². The van der Waals surface area contributed by atoms with Crippen LogP contribution in [0.15, 0.2) is 116 Å². The average molecular weight is 500 g/mol. The van der Waals surface area contributed by atoms with E-state index in [0.29, 0.717) is 17.0 Å². The van der Waals surface area contributed by atoms with Gasteiger partial charge in [0.2, 0.25) is 5.91 Å². The van der Waals surface area contributed by atoms with Gasteiger partial charge in [-0.3, -0.25) is 14.6 Å². The summed E-state index contributed by atoms with van der Waals surface area (Å²) in [6, 6.07) is 32.0. The Morgan fingerprint density at radius 2 is 1.47 bits per heavy atom. The van der Waals surface area contributed by atoms with Crippen LogP contribution in [0.1, 0.15) is 28.3 Å². The predicted molar refractivity (Wildman–Crippen MR) is 149 cm³/mol. The van der Waals surface area contributed by atoms with Crippen LogP contribution in [0.4, 0.5) is 11.4 Å². The zero-order valence-corrected chi connectivity index (χ0v) is 20.5. The molecule has 1 aliphatic carbocycles. The molecule has 0 aliphatic heterocycles. The Kier molecular flexibility index (Phi) is 6.28. The molecule has 2 atom stereocenters. The highest BCUT2D eigenvalue weighted by molar-refractivity contribution is 6.04. The Morgan fingerprint density at radius 1 is 0.737 bits per heavy atom. The molecule has 0 saturated heterocycles. The number of amides is 2. The molecular weight excluding hydrogens is 474 g/mol. The summed E-state index contributed by atoms with van der Waals surface area (Å²) < 4.78 is 5.80. The fourth-order valence-electron chi connectivity index (χ4n) is 4.57. The number of anilines is 2. The summed E-state index contributed by atoms with van der Waals surface area (Å²) >= 11 is 0. The molecule has 2 amide bonds. The Labute approximate surface area is 220 Å². The van der Waals surface area contributed by atoms with Crippen molar-refractivity contribution in [1.29, 1.82) is 0 Å². The maximum Gasteiger partial charge on any atom is 0.255 e. The van der Waals surface area contributed by atoms with Gasteiger partial charge >= 0.3 is 0 Å². The number of hydrogen-bond donors (Lipinski definition) is 2. The van der Waals surface area contributed by atoms with Crippen molar-refractivity contribution in [2.75, 3.05) is 10.6 Å². The molecule has 5 aromatic rings. The largest absolute Gasteiger partial charge is 0.457 e. The maximum atomic E-state index is 12.8. The van der Waals surface area contributed by atoms with Crippen LogP contribution in [0.3, 0.4) is 0 Å². The van der Waals surface area contributed by atoms with E-state index >= 15 is 0 Å². The van der Waals surface area contributed by atoms with E-state index < -0.39 is 0 Å². The molecule has 186 valence electrons. The zero-order valence-electron chi connectivity index (χ0n) is 20.5. The summed E-state index contributed by atoms with van der Waals surface area (Å²) in [6.45, 7) is 0. The average Bonchev–Trinajstić information content (AvgIpc) is 3.76. The number of carbonyl (C=O) groups excluding carboxylic acids is 2. The summed E-state index contributed by atoms with van der Waals surface area (Å²) in [7, 11) is 0. The molecule has 0 bridgehead atoms. The number of benzene rings is 4. The highest BCUT2D eigenvalue weighted by atomic mass is 16.5. The molecule has 1 saturated carbocycles. The molecule has 2 N–H and O–H groups in total. The normalized spacial score (nSPS) is 16.0. The van der Waals surface area contributed by atoms with Crippen LogP contribution in [-0.4, -0.2) is 16.8 Å². The number of nitrogens with zero attached hydrogens (tertiary/aromatic N) is 1. The summed E-state index contributed by atoms with van der Waals surface area (Å²) in [5.74, 6) is 1.37. The highest BCUT2D eigenvalue weighted by Crippen LogP contribution is 2.48. The van der Waals surface area contributed by atoms with E-state index in [-0.39, 0.29) is 23.7 Å². The fourth-order valence-corrected chi connectivity index (χ4v) is 4.57. The van der Waals surface area contributed by atoms with Gasteiger partial charge in [-0.2, -0.15) is 0 Å². The van der Waals surface area contributed by atoms with Crippen LogP contribution < -0.4 is 15.4 Å². The minimum Gasteiger partial charge on any atom is -0.457 e. The molecule has 38 heavy (non-hydrogen) atoms. The summed E-state index contributed by atoms with van der Waals surface area (Å²) in [5, 5.41) is 8.03. The van der Waals surface area contributed by atoms with Crippen molar-refractivity contribution in [2.45, 2.75) is 12.3 Å². The van der Waals surface area contributed by atoms with Gasteiger partial charge in [0, 0.05) is 40.6 Å². The van der Waals surface area contributed by atoms with Gasteiger partial charge in [-0.15, -0.1) is 0 Å². The number of pyridine rings is 1. The minimum atomic E-state index is -0.190. The lowest BCUT2D eigenvalue weighted by molar-refractivity contribution is -0.117. The van der Waals surface area contributed by atoms with Gasteiger partial charge in [-0.05, 0) is 90.0 Å². The Hall–Kier alpha value is -4.97. The second-order valence-corrected chi connectivity index (χ2v) is 9.39. The van der Waals surface area contributed by atoms with Crippen molar-refractivity contribution in [3.05, 3.63) is 127 Å². The third-order valence-electron chi connectivity index (χ3n) is 6.73. The van der Waals surface area contributed by atoms with Gasteiger partial charge in [0.25, 0.3) is 5.91 Å². The smallest absolute Gasteiger partial charge is 0.255 e. The van der Waals surface area contributed by atoms with Gasteiger partial charge in [0.05, 0.1) is 0 Å². The number of hydrogen-bond acceptors (Lipinski definition) is 4. The Balaban J connectivity index is 1.03. The lowest BCUT2D eigenvalue weighted by atomic mass is 10.1. The molecule has 2 unspecified atom stereocenters. The van der Waals surface area contributed by atoms with Crippen molar-refractivity contribution >= 4 is 34.0 Å². The lowest BCUT2D eigenvalue weighted by Crippen LogP contribution is -2.14. The second kappa shape index (κ2) is 10.2. The van der Waals surface area contributed by atoms with Crippen molar-refractivity contribution < 1.29 is 14.3 Å². The van der Waals surface area contributed by atoms with E-state index in [1.807, 2.05) is 103 Å². The first-order chi connectivity index (χ1) is 18.6. The summed E-state index contributed by atoms with van der Waals surface area (Å²) in [6.07, 6.45) is 4.35. The first-order valence-electron chi connectivity index (χ1n) is 12.5. The number of carbonyl (C=O) groups is 2. The first kappa shape index (κ1) is 23.4. The van der Waals surface area contributed by atoms with Crippen molar-refractivity contribution in [2.24, 2.45) is 5.92 Å². The van der Waals surface area contributed by atoms with Crippen LogP contribution >= 0.6 is 0 Å². The van der Waals surface area contributed by atoms with Crippen molar-refractivity contribution in [3.8, 4) is 11.5 Å². The lowest BCUT2D eigenvalue weighted by Gasteiger charge is -2.09. The van der Waals surface area contributed by atoms with Crippen molar-refractivity contribution in [3.63, 3.8) is 0 Å². The van der Waals surface area contributed by atoms with E-state index in [0.717, 1.165) is 34.2 Å². The van der Waals surface area contributed by atoms with Crippen molar-refractivity contribution in [1.82, 2.24) is 4.98 Å². The molecular formula is C32H25N3O3. The highest BCUT2D eigenvalue weighted by Gasteiger charge is 2.43. The van der Waals surface area contributed by atoms with Gasteiger partial charge < -0.3 is 15.4 Å².